The van der Waals surface area contributed by atoms with Crippen molar-refractivity contribution >= 4 is 0 Å². The summed E-state index contributed by atoms with van der Waals surface area (Å²) in [5, 5.41) is 9.48. The molecule has 2 heteroatoms. The van der Waals surface area contributed by atoms with Gasteiger partial charge in [0.2, 0.25) is 0 Å². The maximum atomic E-state index is 9.48. The fourth-order valence-corrected chi connectivity index (χ4v) is 1.84. The molecule has 2 rings (SSSR count). The number of hydrogen-bond acceptors (Lipinski definition) is 2. The van der Waals surface area contributed by atoms with E-state index in [0.29, 0.717) is 0 Å². The quantitative estimate of drug-likeness (QED) is 0.849. The molecule has 82 valence electrons. The van der Waals surface area contributed by atoms with Crippen LogP contribution in [0.5, 0.6) is 0 Å². The molecule has 1 aromatic heterocycles. The summed E-state index contributed by atoms with van der Waals surface area (Å²) < 4.78 is 0. The zero-order valence-electron chi connectivity index (χ0n) is 9.30. The van der Waals surface area contributed by atoms with Crippen molar-refractivity contribution in [1.29, 1.82) is 0 Å². The van der Waals surface area contributed by atoms with E-state index in [1.165, 1.54) is 5.56 Å². The van der Waals surface area contributed by atoms with Crippen molar-refractivity contribution in [3.63, 3.8) is 0 Å². The maximum absolute atomic E-state index is 9.48. The highest BCUT2D eigenvalue weighted by atomic mass is 16.3. The van der Waals surface area contributed by atoms with Gasteiger partial charge in [-0.2, -0.15) is 0 Å². The molecule has 0 radical (unpaired) electrons. The average molecular weight is 213 g/mol. The fourth-order valence-electron chi connectivity index (χ4n) is 1.84. The number of nitrogens with zero attached hydrogens (tertiary/aromatic N) is 1. The van der Waals surface area contributed by atoms with Crippen LogP contribution in [0.1, 0.15) is 22.7 Å². The van der Waals surface area contributed by atoms with Gasteiger partial charge in [-0.1, -0.05) is 35.9 Å². The van der Waals surface area contributed by atoms with E-state index in [2.05, 4.69) is 24.0 Å². The summed E-state index contributed by atoms with van der Waals surface area (Å²) >= 11 is 0. The van der Waals surface area contributed by atoms with Gasteiger partial charge in [0, 0.05) is 12.1 Å². The summed E-state index contributed by atoms with van der Waals surface area (Å²) in [7, 11) is 0. The minimum absolute atomic E-state index is 0.0268. The van der Waals surface area contributed by atoms with E-state index in [-0.39, 0.29) is 12.5 Å². The molecule has 0 aliphatic heterocycles. The van der Waals surface area contributed by atoms with Gasteiger partial charge in [0.1, 0.15) is 0 Å². The Labute approximate surface area is 95.6 Å². The van der Waals surface area contributed by atoms with Crippen LogP contribution in [0.3, 0.4) is 0 Å². The van der Waals surface area contributed by atoms with Crippen molar-refractivity contribution in [2.24, 2.45) is 0 Å². The van der Waals surface area contributed by atoms with Gasteiger partial charge in [0.05, 0.1) is 12.3 Å². The minimum Gasteiger partial charge on any atom is -0.395 e. The molecule has 16 heavy (non-hydrogen) atoms. The Morgan fingerprint density at radius 3 is 2.69 bits per heavy atom. The van der Waals surface area contributed by atoms with Crippen LogP contribution in [0, 0.1) is 6.92 Å². The van der Waals surface area contributed by atoms with E-state index in [1.807, 2.05) is 30.3 Å². The highest BCUT2D eigenvalue weighted by Gasteiger charge is 2.13. The fraction of sp³-hybridized carbons (Fsp3) is 0.214. The highest BCUT2D eigenvalue weighted by molar-refractivity contribution is 5.31. The SMILES string of the molecule is Cc1cccc(C(CO)c2ccccn2)c1. The van der Waals surface area contributed by atoms with Gasteiger partial charge >= 0.3 is 0 Å². The third kappa shape index (κ3) is 2.28. The van der Waals surface area contributed by atoms with Crippen molar-refractivity contribution < 1.29 is 5.11 Å². The normalized spacial score (nSPS) is 12.4. The van der Waals surface area contributed by atoms with Crippen LogP contribution >= 0.6 is 0 Å². The van der Waals surface area contributed by atoms with Gasteiger partial charge in [0.15, 0.2) is 0 Å². The topological polar surface area (TPSA) is 33.1 Å². The van der Waals surface area contributed by atoms with Crippen LogP contribution in [0.15, 0.2) is 48.7 Å². The third-order valence-corrected chi connectivity index (χ3v) is 2.67. The van der Waals surface area contributed by atoms with Crippen LogP contribution < -0.4 is 0 Å². The number of aryl methyl sites for hydroxylation is 1. The number of rotatable bonds is 3. The second-order valence-electron chi connectivity index (χ2n) is 3.90. The first kappa shape index (κ1) is 10.8. The van der Waals surface area contributed by atoms with Crippen molar-refractivity contribution in [3.8, 4) is 0 Å². The van der Waals surface area contributed by atoms with Gasteiger partial charge in [-0.15, -0.1) is 0 Å². The number of pyridine rings is 1. The zero-order valence-corrected chi connectivity index (χ0v) is 9.30. The standard InChI is InChI=1S/C14H15NO/c1-11-5-4-6-12(9-11)13(10-16)14-7-2-3-8-15-14/h2-9,13,16H,10H2,1H3. The molecule has 0 aliphatic carbocycles. The lowest BCUT2D eigenvalue weighted by molar-refractivity contribution is 0.279. The smallest absolute Gasteiger partial charge is 0.0555 e. The van der Waals surface area contributed by atoms with Gasteiger partial charge in [-0.25, -0.2) is 0 Å². The summed E-state index contributed by atoms with van der Waals surface area (Å²) in [6, 6.07) is 14.0. The van der Waals surface area contributed by atoms with E-state index in [4.69, 9.17) is 0 Å². The molecule has 1 heterocycles. The van der Waals surface area contributed by atoms with E-state index < -0.39 is 0 Å². The molecule has 1 aromatic carbocycles. The van der Waals surface area contributed by atoms with Crippen LogP contribution in [-0.2, 0) is 0 Å². The van der Waals surface area contributed by atoms with Crippen LogP contribution in [0.2, 0.25) is 0 Å². The molecule has 0 amide bonds. The first-order chi connectivity index (χ1) is 7.81. The largest absolute Gasteiger partial charge is 0.395 e. The molecule has 0 bridgehead atoms. The molecule has 0 saturated carbocycles. The van der Waals surface area contributed by atoms with Gasteiger partial charge < -0.3 is 5.11 Å². The Balaban J connectivity index is 2.37. The molecular weight excluding hydrogens is 198 g/mol. The van der Waals surface area contributed by atoms with Gasteiger partial charge in [-0.3, -0.25) is 4.98 Å². The number of aliphatic hydroxyl groups is 1. The molecule has 2 aromatic rings. The molecule has 1 N–H and O–H groups in total. The number of aromatic nitrogens is 1. The van der Waals surface area contributed by atoms with E-state index in [9.17, 15) is 5.11 Å². The van der Waals surface area contributed by atoms with Crippen LogP contribution in [-0.4, -0.2) is 16.7 Å². The number of aliphatic hydroxyl groups excluding tert-OH is 1. The summed E-state index contributed by atoms with van der Waals surface area (Å²) in [4.78, 5) is 4.30. The molecular formula is C14H15NO. The lowest BCUT2D eigenvalue weighted by Crippen LogP contribution is -2.07. The van der Waals surface area contributed by atoms with Crippen molar-refractivity contribution in [3.05, 3.63) is 65.5 Å². The lowest BCUT2D eigenvalue weighted by Gasteiger charge is -2.14. The molecule has 1 atom stereocenters. The summed E-state index contributed by atoms with van der Waals surface area (Å²) in [5.74, 6) is -0.0268. The zero-order chi connectivity index (χ0) is 11.4. The lowest BCUT2D eigenvalue weighted by atomic mass is 9.95. The molecule has 1 unspecified atom stereocenters. The molecule has 0 aliphatic rings. The molecule has 0 saturated heterocycles. The second-order valence-corrected chi connectivity index (χ2v) is 3.90. The van der Waals surface area contributed by atoms with Gasteiger partial charge in [0.25, 0.3) is 0 Å². The molecule has 0 fully saturated rings. The average Bonchev–Trinajstić information content (AvgIpc) is 2.31. The monoisotopic (exact) mass is 213 g/mol. The predicted octanol–water partition coefficient (Wildman–Crippen LogP) is 2.51. The minimum atomic E-state index is -0.0268. The summed E-state index contributed by atoms with van der Waals surface area (Å²) in [6.45, 7) is 2.14. The number of benzene rings is 1. The Morgan fingerprint density at radius 1 is 1.19 bits per heavy atom. The van der Waals surface area contributed by atoms with Crippen molar-refractivity contribution in [2.75, 3.05) is 6.61 Å². The van der Waals surface area contributed by atoms with E-state index in [0.717, 1.165) is 11.3 Å². The first-order valence-electron chi connectivity index (χ1n) is 5.39. The van der Waals surface area contributed by atoms with E-state index in [1.54, 1.807) is 6.20 Å². The number of hydrogen-bond donors (Lipinski definition) is 1. The van der Waals surface area contributed by atoms with E-state index >= 15 is 0 Å². The van der Waals surface area contributed by atoms with Crippen molar-refractivity contribution in [1.82, 2.24) is 4.98 Å². The maximum Gasteiger partial charge on any atom is 0.0555 e. The molecule has 2 nitrogen and oxygen atoms in total. The summed E-state index contributed by atoms with van der Waals surface area (Å²) in [5.41, 5.74) is 3.23. The highest BCUT2D eigenvalue weighted by Crippen LogP contribution is 2.22. The summed E-state index contributed by atoms with van der Waals surface area (Å²) in [6.07, 6.45) is 1.76. The van der Waals surface area contributed by atoms with Gasteiger partial charge in [-0.05, 0) is 24.6 Å². The predicted molar refractivity (Wildman–Crippen MR) is 64.3 cm³/mol. The van der Waals surface area contributed by atoms with Crippen LogP contribution in [0.25, 0.3) is 0 Å². The molecule has 0 spiro atoms. The third-order valence-electron chi connectivity index (χ3n) is 2.67. The Morgan fingerprint density at radius 2 is 2.06 bits per heavy atom. The first-order valence-corrected chi connectivity index (χ1v) is 5.39. The second kappa shape index (κ2) is 4.90. The Bertz CT molecular complexity index is 453. The van der Waals surface area contributed by atoms with Crippen molar-refractivity contribution in [2.45, 2.75) is 12.8 Å². The Hall–Kier alpha value is -1.67. The Kier molecular flexibility index (Phi) is 3.32. The van der Waals surface area contributed by atoms with Crippen LogP contribution in [0.4, 0.5) is 0 Å².